The van der Waals surface area contributed by atoms with Crippen LogP contribution < -0.4 is 0 Å². The van der Waals surface area contributed by atoms with Gasteiger partial charge in [0, 0.05) is 13.3 Å². The lowest BCUT2D eigenvalue weighted by molar-refractivity contribution is 0.184. The van der Waals surface area contributed by atoms with Gasteiger partial charge >= 0.3 is 0 Å². The van der Waals surface area contributed by atoms with E-state index in [0.717, 1.165) is 5.56 Å². The quantitative estimate of drug-likeness (QED) is 0.662. The minimum atomic E-state index is 0.176. The molecule has 0 bridgehead atoms. The predicted molar refractivity (Wildman–Crippen MR) is 36.6 cm³/mol. The van der Waals surface area contributed by atoms with Crippen molar-refractivity contribution in [2.45, 2.75) is 6.61 Å². The molecule has 0 unspecified atom stereocenters. The second kappa shape index (κ2) is 3.17. The molecule has 1 aromatic heterocycles. The fourth-order valence-electron chi connectivity index (χ4n) is 0.719. The molecule has 1 rings (SSSR count). The van der Waals surface area contributed by atoms with Gasteiger partial charge in [-0.3, -0.25) is 4.98 Å². The van der Waals surface area contributed by atoms with Crippen molar-refractivity contribution in [3.8, 4) is 5.75 Å². The smallest absolute Gasteiger partial charge is 0.134 e. The van der Waals surface area contributed by atoms with Gasteiger partial charge in [-0.05, 0) is 11.6 Å². The number of pyridine rings is 1. The Kier molecular flexibility index (Phi) is 2.23. The molecule has 0 atom stereocenters. The second-order valence-electron chi connectivity index (χ2n) is 1.98. The zero-order valence-electron chi connectivity index (χ0n) is 5.74. The lowest BCUT2D eigenvalue weighted by Crippen LogP contribution is -1.87. The summed E-state index contributed by atoms with van der Waals surface area (Å²) in [5.74, 6) is 0.176. The first-order valence-electron chi connectivity index (χ1n) is 2.95. The second-order valence-corrected chi connectivity index (χ2v) is 1.98. The van der Waals surface area contributed by atoms with Gasteiger partial charge in [-0.15, -0.1) is 0 Å². The molecular weight excluding hydrogens is 130 g/mol. The largest absolute Gasteiger partial charge is 0.506 e. The Morgan fingerprint density at radius 2 is 2.40 bits per heavy atom. The highest BCUT2D eigenvalue weighted by atomic mass is 16.5. The highest BCUT2D eigenvalue weighted by Crippen LogP contribution is 2.08. The van der Waals surface area contributed by atoms with E-state index in [2.05, 4.69) is 4.98 Å². The number of aromatic hydroxyl groups is 1. The normalized spacial score (nSPS) is 9.70. The van der Waals surface area contributed by atoms with E-state index >= 15 is 0 Å². The standard InChI is InChI=1S/C7H9NO2/c1-10-5-6-2-7(9)4-8-3-6/h2-4,9H,5H2,1H3. The summed E-state index contributed by atoms with van der Waals surface area (Å²) in [5.41, 5.74) is 0.877. The Labute approximate surface area is 59.3 Å². The molecule has 0 aliphatic carbocycles. The molecule has 0 aromatic carbocycles. The highest BCUT2D eigenvalue weighted by molar-refractivity contribution is 5.21. The molecule has 0 saturated heterocycles. The van der Waals surface area contributed by atoms with Crippen molar-refractivity contribution < 1.29 is 9.84 Å². The molecular formula is C7H9NO2. The summed E-state index contributed by atoms with van der Waals surface area (Å²) in [6, 6.07) is 1.62. The molecule has 3 heteroatoms. The van der Waals surface area contributed by atoms with Gasteiger partial charge in [0.05, 0.1) is 12.8 Å². The van der Waals surface area contributed by atoms with E-state index < -0.39 is 0 Å². The van der Waals surface area contributed by atoms with Gasteiger partial charge in [0.15, 0.2) is 0 Å². The van der Waals surface area contributed by atoms with Gasteiger partial charge in [-0.1, -0.05) is 0 Å². The Morgan fingerprint density at radius 3 is 3.00 bits per heavy atom. The highest BCUT2D eigenvalue weighted by Gasteiger charge is 1.92. The monoisotopic (exact) mass is 139 g/mol. The van der Waals surface area contributed by atoms with Crippen LogP contribution in [-0.2, 0) is 11.3 Å². The maximum Gasteiger partial charge on any atom is 0.134 e. The van der Waals surface area contributed by atoms with Crippen LogP contribution in [0.15, 0.2) is 18.5 Å². The first-order chi connectivity index (χ1) is 4.83. The maximum absolute atomic E-state index is 8.92. The van der Waals surface area contributed by atoms with Crippen molar-refractivity contribution in [1.82, 2.24) is 4.98 Å². The van der Waals surface area contributed by atoms with E-state index in [0.29, 0.717) is 6.61 Å². The third-order valence-corrected chi connectivity index (χ3v) is 1.09. The molecule has 3 nitrogen and oxygen atoms in total. The van der Waals surface area contributed by atoms with Crippen LogP contribution in [0.5, 0.6) is 5.75 Å². The lowest BCUT2D eigenvalue weighted by Gasteiger charge is -1.97. The van der Waals surface area contributed by atoms with E-state index in [4.69, 9.17) is 9.84 Å². The average Bonchev–Trinajstić information content (AvgIpc) is 1.88. The topological polar surface area (TPSA) is 42.4 Å². The van der Waals surface area contributed by atoms with E-state index in [1.165, 1.54) is 6.20 Å². The fraction of sp³-hybridized carbons (Fsp3) is 0.286. The molecule has 0 fully saturated rings. The van der Waals surface area contributed by atoms with Gasteiger partial charge < -0.3 is 9.84 Å². The third kappa shape index (κ3) is 1.70. The molecule has 0 aliphatic heterocycles. The van der Waals surface area contributed by atoms with Crippen LogP contribution in [0.4, 0.5) is 0 Å². The number of ether oxygens (including phenoxy) is 1. The van der Waals surface area contributed by atoms with Crippen molar-refractivity contribution >= 4 is 0 Å². The summed E-state index contributed by atoms with van der Waals surface area (Å²) < 4.78 is 4.83. The maximum atomic E-state index is 8.92. The number of rotatable bonds is 2. The van der Waals surface area contributed by atoms with Crippen LogP contribution >= 0.6 is 0 Å². The third-order valence-electron chi connectivity index (χ3n) is 1.09. The van der Waals surface area contributed by atoms with E-state index in [9.17, 15) is 0 Å². The Hall–Kier alpha value is -1.09. The minimum absolute atomic E-state index is 0.176. The van der Waals surface area contributed by atoms with Gasteiger partial charge in [0.25, 0.3) is 0 Å². The molecule has 10 heavy (non-hydrogen) atoms. The van der Waals surface area contributed by atoms with Gasteiger partial charge in [-0.25, -0.2) is 0 Å². The molecule has 0 saturated carbocycles. The number of hydrogen-bond acceptors (Lipinski definition) is 3. The molecule has 0 aliphatic rings. The van der Waals surface area contributed by atoms with Crippen LogP contribution in [0.25, 0.3) is 0 Å². The molecule has 1 heterocycles. The predicted octanol–water partition coefficient (Wildman–Crippen LogP) is 0.934. The summed E-state index contributed by atoms with van der Waals surface area (Å²) in [6.07, 6.45) is 3.04. The molecule has 0 amide bonds. The van der Waals surface area contributed by atoms with Crippen molar-refractivity contribution in [3.63, 3.8) is 0 Å². The lowest BCUT2D eigenvalue weighted by atomic mass is 10.3. The van der Waals surface area contributed by atoms with Gasteiger partial charge in [0.2, 0.25) is 0 Å². The average molecular weight is 139 g/mol. The van der Waals surface area contributed by atoms with Crippen molar-refractivity contribution in [1.29, 1.82) is 0 Å². The van der Waals surface area contributed by atoms with Gasteiger partial charge in [-0.2, -0.15) is 0 Å². The number of hydrogen-bond donors (Lipinski definition) is 1. The Bertz CT molecular complexity index is 213. The summed E-state index contributed by atoms with van der Waals surface area (Å²) >= 11 is 0. The van der Waals surface area contributed by atoms with Crippen molar-refractivity contribution in [2.24, 2.45) is 0 Å². The number of methoxy groups -OCH3 is 1. The SMILES string of the molecule is COCc1cncc(O)c1. The molecule has 54 valence electrons. The van der Waals surface area contributed by atoms with Crippen molar-refractivity contribution in [3.05, 3.63) is 24.0 Å². The zero-order valence-corrected chi connectivity index (χ0v) is 5.74. The van der Waals surface area contributed by atoms with Crippen LogP contribution in [0.2, 0.25) is 0 Å². The van der Waals surface area contributed by atoms with E-state index in [1.807, 2.05) is 0 Å². The Balaban J connectivity index is 2.75. The van der Waals surface area contributed by atoms with Crippen molar-refractivity contribution in [2.75, 3.05) is 7.11 Å². The summed E-state index contributed by atoms with van der Waals surface area (Å²) in [4.78, 5) is 3.77. The van der Waals surface area contributed by atoms with E-state index in [-0.39, 0.29) is 5.75 Å². The summed E-state index contributed by atoms with van der Waals surface area (Å²) in [5, 5.41) is 8.92. The molecule has 0 radical (unpaired) electrons. The zero-order chi connectivity index (χ0) is 7.40. The van der Waals surface area contributed by atoms with Crippen LogP contribution in [0, 0.1) is 0 Å². The number of aromatic nitrogens is 1. The Morgan fingerprint density at radius 1 is 1.60 bits per heavy atom. The number of nitrogens with zero attached hydrogens (tertiary/aromatic N) is 1. The molecule has 1 N–H and O–H groups in total. The first kappa shape index (κ1) is 7.02. The van der Waals surface area contributed by atoms with Crippen LogP contribution in [0.3, 0.4) is 0 Å². The van der Waals surface area contributed by atoms with Crippen LogP contribution in [-0.4, -0.2) is 17.2 Å². The molecule has 0 spiro atoms. The van der Waals surface area contributed by atoms with E-state index in [1.54, 1.807) is 19.4 Å². The van der Waals surface area contributed by atoms with Gasteiger partial charge in [0.1, 0.15) is 5.75 Å². The first-order valence-corrected chi connectivity index (χ1v) is 2.95. The minimum Gasteiger partial charge on any atom is -0.506 e. The summed E-state index contributed by atoms with van der Waals surface area (Å²) in [7, 11) is 1.60. The van der Waals surface area contributed by atoms with Crippen LogP contribution in [0.1, 0.15) is 5.56 Å². The summed E-state index contributed by atoms with van der Waals surface area (Å²) in [6.45, 7) is 0.487. The fourth-order valence-corrected chi connectivity index (χ4v) is 0.719. The molecule has 1 aromatic rings.